The minimum Gasteiger partial charge on any atom is -0.369 e. The van der Waals surface area contributed by atoms with Crippen LogP contribution < -0.4 is 15.5 Å². The average molecular weight is 359 g/mol. The van der Waals surface area contributed by atoms with Gasteiger partial charge in [-0.1, -0.05) is 12.1 Å². The van der Waals surface area contributed by atoms with E-state index in [0.717, 1.165) is 78.0 Å². The molecule has 0 spiro atoms. The maximum Gasteiger partial charge on any atom is 0.223 e. The smallest absolute Gasteiger partial charge is 0.223 e. The largest absolute Gasteiger partial charge is 0.369 e. The summed E-state index contributed by atoms with van der Waals surface area (Å²) in [5.41, 5.74) is 2.68. The Morgan fingerprint density at radius 2 is 1.92 bits per heavy atom. The Morgan fingerprint density at radius 3 is 2.65 bits per heavy atom. The van der Waals surface area contributed by atoms with Crippen LogP contribution >= 0.6 is 0 Å². The van der Waals surface area contributed by atoms with Gasteiger partial charge in [-0.05, 0) is 69.9 Å². The molecule has 1 aromatic carbocycles. The maximum atomic E-state index is 12.1. The molecule has 1 amide bonds. The second-order valence-corrected chi connectivity index (χ2v) is 7.69. The number of aryl methyl sites for hydroxylation is 1. The molecule has 144 valence electrons. The average Bonchev–Trinajstić information content (AvgIpc) is 2.69. The molecule has 0 aliphatic carbocycles. The van der Waals surface area contributed by atoms with E-state index >= 15 is 0 Å². The topological polar surface area (TPSA) is 47.6 Å². The number of hydrogen-bond donors (Lipinski definition) is 2. The Labute approximate surface area is 158 Å². The second-order valence-electron chi connectivity index (χ2n) is 7.69. The van der Waals surface area contributed by atoms with E-state index in [1.54, 1.807) is 0 Å². The number of hydrogen-bond acceptors (Lipinski definition) is 4. The molecule has 2 fully saturated rings. The van der Waals surface area contributed by atoms with E-state index in [0.29, 0.717) is 0 Å². The van der Waals surface area contributed by atoms with E-state index in [-0.39, 0.29) is 11.8 Å². The fourth-order valence-electron chi connectivity index (χ4n) is 3.95. The number of piperazine rings is 1. The summed E-state index contributed by atoms with van der Waals surface area (Å²) in [5.74, 6) is 0.490. The minimum atomic E-state index is 0.228. The molecule has 0 aromatic heterocycles. The van der Waals surface area contributed by atoms with Crippen LogP contribution in [0, 0.1) is 12.8 Å². The van der Waals surface area contributed by atoms with Crippen LogP contribution in [0.5, 0.6) is 0 Å². The zero-order valence-electron chi connectivity index (χ0n) is 16.2. The summed E-state index contributed by atoms with van der Waals surface area (Å²) in [4.78, 5) is 17.1. The molecular formula is C21H34N4O. The van der Waals surface area contributed by atoms with Gasteiger partial charge in [0.15, 0.2) is 0 Å². The number of rotatable bonds is 7. The lowest BCUT2D eigenvalue weighted by Crippen LogP contribution is -2.46. The summed E-state index contributed by atoms with van der Waals surface area (Å²) >= 11 is 0. The number of benzene rings is 1. The van der Waals surface area contributed by atoms with Gasteiger partial charge in [0.05, 0.1) is 0 Å². The number of nitrogens with zero attached hydrogens (tertiary/aromatic N) is 2. The molecule has 0 unspecified atom stereocenters. The predicted molar refractivity (Wildman–Crippen MR) is 108 cm³/mol. The Morgan fingerprint density at radius 1 is 1.15 bits per heavy atom. The van der Waals surface area contributed by atoms with Crippen LogP contribution in [0.1, 0.15) is 31.2 Å². The fraction of sp³-hybridized carbons (Fsp3) is 0.667. The molecule has 3 rings (SSSR count). The van der Waals surface area contributed by atoms with Crippen LogP contribution in [0.15, 0.2) is 24.3 Å². The highest BCUT2D eigenvalue weighted by Crippen LogP contribution is 2.18. The van der Waals surface area contributed by atoms with Crippen LogP contribution in [0.3, 0.4) is 0 Å². The van der Waals surface area contributed by atoms with E-state index in [1.807, 2.05) is 0 Å². The summed E-state index contributed by atoms with van der Waals surface area (Å²) in [5, 5.41) is 6.44. The van der Waals surface area contributed by atoms with Gasteiger partial charge in [-0.25, -0.2) is 0 Å². The Kier molecular flexibility index (Phi) is 7.32. The van der Waals surface area contributed by atoms with E-state index in [1.165, 1.54) is 11.3 Å². The lowest BCUT2D eigenvalue weighted by atomic mass is 9.97. The highest BCUT2D eigenvalue weighted by Gasteiger charge is 2.20. The van der Waals surface area contributed by atoms with Gasteiger partial charge in [0.25, 0.3) is 0 Å². The van der Waals surface area contributed by atoms with Gasteiger partial charge in [-0.3, -0.25) is 9.69 Å². The second kappa shape index (κ2) is 9.93. The van der Waals surface area contributed by atoms with Crippen molar-refractivity contribution in [3.05, 3.63) is 29.8 Å². The van der Waals surface area contributed by atoms with Crippen molar-refractivity contribution in [2.45, 2.75) is 32.6 Å². The lowest BCUT2D eigenvalue weighted by Gasteiger charge is -2.36. The highest BCUT2D eigenvalue weighted by atomic mass is 16.1. The third-order valence-electron chi connectivity index (χ3n) is 5.65. The SMILES string of the molecule is Cc1cccc(N2CCN(CCCCNC(=O)C3CCNCC3)CC2)c1. The van der Waals surface area contributed by atoms with Crippen LogP contribution in [-0.4, -0.2) is 63.2 Å². The maximum absolute atomic E-state index is 12.1. The van der Waals surface area contributed by atoms with Gasteiger partial charge < -0.3 is 15.5 Å². The molecule has 26 heavy (non-hydrogen) atoms. The zero-order valence-corrected chi connectivity index (χ0v) is 16.2. The molecule has 5 nitrogen and oxygen atoms in total. The van der Waals surface area contributed by atoms with Crippen molar-refractivity contribution in [1.82, 2.24) is 15.5 Å². The molecule has 2 aliphatic heterocycles. The molecule has 1 aromatic rings. The quantitative estimate of drug-likeness (QED) is 0.732. The van der Waals surface area contributed by atoms with Gasteiger partial charge in [0, 0.05) is 44.3 Å². The summed E-state index contributed by atoms with van der Waals surface area (Å²) in [6.45, 7) is 10.6. The first kappa shape index (κ1) is 19.2. The molecule has 0 radical (unpaired) electrons. The Balaban J connectivity index is 1.26. The molecule has 0 saturated carbocycles. The monoisotopic (exact) mass is 358 g/mol. The number of nitrogens with one attached hydrogen (secondary N) is 2. The first-order chi connectivity index (χ1) is 12.7. The van der Waals surface area contributed by atoms with E-state index in [9.17, 15) is 4.79 Å². The van der Waals surface area contributed by atoms with E-state index in [2.05, 4.69) is 51.6 Å². The van der Waals surface area contributed by atoms with Crippen LogP contribution in [0.25, 0.3) is 0 Å². The normalized spacial score (nSPS) is 19.5. The Bertz CT molecular complexity index is 563. The zero-order chi connectivity index (χ0) is 18.2. The lowest BCUT2D eigenvalue weighted by molar-refractivity contribution is -0.125. The van der Waals surface area contributed by atoms with Crippen molar-refractivity contribution >= 4 is 11.6 Å². The predicted octanol–water partition coefficient (Wildman–Crippen LogP) is 2.01. The number of piperidine rings is 1. The first-order valence-corrected chi connectivity index (χ1v) is 10.2. The van der Waals surface area contributed by atoms with Crippen molar-refractivity contribution in [1.29, 1.82) is 0 Å². The van der Waals surface area contributed by atoms with Gasteiger partial charge >= 0.3 is 0 Å². The molecule has 2 aliphatic rings. The van der Waals surface area contributed by atoms with Gasteiger partial charge in [-0.2, -0.15) is 0 Å². The number of anilines is 1. The van der Waals surface area contributed by atoms with Gasteiger partial charge in [-0.15, -0.1) is 0 Å². The number of amides is 1. The van der Waals surface area contributed by atoms with Crippen molar-refractivity contribution in [3.63, 3.8) is 0 Å². The summed E-state index contributed by atoms with van der Waals surface area (Å²) in [6.07, 6.45) is 4.21. The molecule has 2 N–H and O–H groups in total. The van der Waals surface area contributed by atoms with E-state index in [4.69, 9.17) is 0 Å². The highest BCUT2D eigenvalue weighted by molar-refractivity contribution is 5.78. The molecule has 5 heteroatoms. The third-order valence-corrected chi connectivity index (χ3v) is 5.65. The van der Waals surface area contributed by atoms with Crippen LogP contribution in [-0.2, 0) is 4.79 Å². The van der Waals surface area contributed by atoms with Gasteiger partial charge in [0.1, 0.15) is 0 Å². The standard InChI is InChI=1S/C21H34N4O/c1-18-5-4-6-20(17-18)25-15-13-24(14-16-25)12-3-2-9-23-21(26)19-7-10-22-11-8-19/h4-6,17,19,22H,2-3,7-16H2,1H3,(H,23,26). The van der Waals surface area contributed by atoms with Crippen LogP contribution in [0.4, 0.5) is 5.69 Å². The van der Waals surface area contributed by atoms with E-state index < -0.39 is 0 Å². The van der Waals surface area contributed by atoms with Crippen molar-refractivity contribution in [2.24, 2.45) is 5.92 Å². The molecule has 2 saturated heterocycles. The van der Waals surface area contributed by atoms with Crippen molar-refractivity contribution in [3.8, 4) is 0 Å². The summed E-state index contributed by atoms with van der Waals surface area (Å²) < 4.78 is 0. The minimum absolute atomic E-state index is 0.228. The first-order valence-electron chi connectivity index (χ1n) is 10.2. The third kappa shape index (κ3) is 5.71. The van der Waals surface area contributed by atoms with Crippen LogP contribution in [0.2, 0.25) is 0 Å². The Hall–Kier alpha value is -1.59. The summed E-state index contributed by atoms with van der Waals surface area (Å²) in [6, 6.07) is 8.80. The molecule has 0 atom stereocenters. The molecule has 2 heterocycles. The fourth-order valence-corrected chi connectivity index (χ4v) is 3.95. The van der Waals surface area contributed by atoms with Gasteiger partial charge in [0.2, 0.25) is 5.91 Å². The molecular weight excluding hydrogens is 324 g/mol. The number of carbonyl (C=O) groups is 1. The number of unbranched alkanes of at least 4 members (excludes halogenated alkanes) is 1. The molecule has 0 bridgehead atoms. The van der Waals surface area contributed by atoms with Crippen molar-refractivity contribution < 1.29 is 4.79 Å². The van der Waals surface area contributed by atoms with Crippen molar-refractivity contribution in [2.75, 3.05) is 57.3 Å². The summed E-state index contributed by atoms with van der Waals surface area (Å²) in [7, 11) is 0. The number of carbonyl (C=O) groups excluding carboxylic acids is 1.